The molecule has 0 fully saturated rings. The van der Waals surface area contributed by atoms with Crippen molar-refractivity contribution in [2.24, 2.45) is 0 Å². The Balaban J connectivity index is 2.17. The van der Waals surface area contributed by atoms with Crippen molar-refractivity contribution >= 4 is 5.82 Å². The van der Waals surface area contributed by atoms with E-state index < -0.39 is 6.01 Å². The summed E-state index contributed by atoms with van der Waals surface area (Å²) >= 11 is 0. The molecule has 2 N–H and O–H groups in total. The first-order chi connectivity index (χ1) is 8.15. The Morgan fingerprint density at radius 3 is 2.47 bits per heavy atom. The van der Waals surface area contributed by atoms with Crippen LogP contribution >= 0.6 is 0 Å². The molecule has 0 saturated carbocycles. The van der Waals surface area contributed by atoms with Crippen molar-refractivity contribution in [2.45, 2.75) is 6.54 Å². The molecule has 0 saturated heterocycles. The summed E-state index contributed by atoms with van der Waals surface area (Å²) in [4.78, 5) is 9.05. The summed E-state index contributed by atoms with van der Waals surface area (Å²) in [5.74, 6) is 0.228. The van der Waals surface area contributed by atoms with Crippen LogP contribution in [0.5, 0.6) is 11.9 Å². The molecule has 5 nitrogen and oxygen atoms in total. The van der Waals surface area contributed by atoms with Crippen molar-refractivity contribution < 1.29 is 10.2 Å². The lowest BCUT2D eigenvalue weighted by Gasteiger charge is -2.18. The topological polar surface area (TPSA) is 69.5 Å². The van der Waals surface area contributed by atoms with Gasteiger partial charge in [-0.25, -0.2) is 0 Å². The van der Waals surface area contributed by atoms with Crippen LogP contribution in [0.4, 0.5) is 5.82 Å². The fraction of sp³-hybridized carbons (Fsp3) is 0.167. The van der Waals surface area contributed by atoms with E-state index in [2.05, 4.69) is 9.97 Å². The van der Waals surface area contributed by atoms with Gasteiger partial charge in [-0.3, -0.25) is 0 Å². The second-order valence-corrected chi connectivity index (χ2v) is 3.73. The first-order valence-electron chi connectivity index (χ1n) is 5.17. The fourth-order valence-corrected chi connectivity index (χ4v) is 1.54. The van der Waals surface area contributed by atoms with Crippen molar-refractivity contribution in [2.75, 3.05) is 11.9 Å². The van der Waals surface area contributed by atoms with Gasteiger partial charge in [0.25, 0.3) is 0 Å². The van der Waals surface area contributed by atoms with Gasteiger partial charge in [0.1, 0.15) is 5.82 Å². The van der Waals surface area contributed by atoms with Crippen molar-refractivity contribution in [3.8, 4) is 11.9 Å². The van der Waals surface area contributed by atoms with E-state index in [1.807, 2.05) is 42.3 Å². The monoisotopic (exact) mass is 231 g/mol. The van der Waals surface area contributed by atoms with Gasteiger partial charge in [-0.05, 0) is 5.56 Å². The van der Waals surface area contributed by atoms with Gasteiger partial charge in [0.05, 0.1) is 0 Å². The number of hydrogen-bond donors (Lipinski definition) is 2. The number of hydrogen-bond acceptors (Lipinski definition) is 5. The third-order valence-corrected chi connectivity index (χ3v) is 2.34. The molecule has 5 heteroatoms. The summed E-state index contributed by atoms with van der Waals surface area (Å²) in [6.07, 6.45) is 0. The molecule has 1 aromatic carbocycles. The molecular weight excluding hydrogens is 218 g/mol. The largest absolute Gasteiger partial charge is 0.493 e. The Bertz CT molecular complexity index is 482. The van der Waals surface area contributed by atoms with Gasteiger partial charge in [0.2, 0.25) is 5.88 Å². The summed E-state index contributed by atoms with van der Waals surface area (Å²) in [6.45, 7) is 0.636. The minimum atomic E-state index is -0.431. The van der Waals surface area contributed by atoms with Crippen molar-refractivity contribution in [1.29, 1.82) is 0 Å². The second kappa shape index (κ2) is 4.69. The molecule has 2 aromatic rings. The lowest BCUT2D eigenvalue weighted by Crippen LogP contribution is -2.17. The minimum absolute atomic E-state index is 0.243. The summed E-state index contributed by atoms with van der Waals surface area (Å²) in [5, 5.41) is 18.5. The Morgan fingerprint density at radius 1 is 1.12 bits per heavy atom. The zero-order valence-electron chi connectivity index (χ0n) is 9.41. The molecule has 0 aliphatic rings. The SMILES string of the molecule is CN(Cc1ccccc1)c1cc(O)nc(O)n1. The number of rotatable bonds is 3. The van der Waals surface area contributed by atoms with Crippen molar-refractivity contribution in [1.82, 2.24) is 9.97 Å². The zero-order chi connectivity index (χ0) is 12.3. The van der Waals surface area contributed by atoms with E-state index in [1.54, 1.807) is 0 Å². The van der Waals surface area contributed by atoms with Gasteiger partial charge in [0, 0.05) is 19.7 Å². The highest BCUT2D eigenvalue weighted by molar-refractivity contribution is 5.42. The summed E-state index contributed by atoms with van der Waals surface area (Å²) in [6, 6.07) is 10.8. The van der Waals surface area contributed by atoms with Gasteiger partial charge in [0.15, 0.2) is 0 Å². The molecule has 88 valence electrons. The van der Waals surface area contributed by atoms with E-state index in [0.717, 1.165) is 5.56 Å². The molecule has 0 aliphatic heterocycles. The predicted octanol–water partition coefficient (Wildman–Crippen LogP) is 1.52. The molecule has 0 spiro atoms. The first-order valence-corrected chi connectivity index (χ1v) is 5.17. The van der Waals surface area contributed by atoms with Crippen LogP contribution in [0, 0.1) is 0 Å². The Labute approximate surface area is 99.0 Å². The maximum atomic E-state index is 9.27. The molecule has 0 radical (unpaired) electrons. The normalized spacial score (nSPS) is 10.2. The van der Waals surface area contributed by atoms with Crippen LogP contribution in [0.25, 0.3) is 0 Å². The van der Waals surface area contributed by atoms with E-state index in [9.17, 15) is 10.2 Å². The van der Waals surface area contributed by atoms with Crippen LogP contribution in [0.15, 0.2) is 36.4 Å². The van der Waals surface area contributed by atoms with Gasteiger partial charge < -0.3 is 15.1 Å². The molecule has 0 unspecified atom stereocenters. The number of anilines is 1. The van der Waals surface area contributed by atoms with E-state index in [1.165, 1.54) is 6.07 Å². The van der Waals surface area contributed by atoms with Gasteiger partial charge in [-0.1, -0.05) is 30.3 Å². The Hall–Kier alpha value is -2.30. The number of benzene rings is 1. The maximum absolute atomic E-state index is 9.27. The molecule has 1 aromatic heterocycles. The third kappa shape index (κ3) is 2.84. The highest BCUT2D eigenvalue weighted by Crippen LogP contribution is 2.19. The Kier molecular flexibility index (Phi) is 3.09. The molecule has 0 aliphatic carbocycles. The molecule has 1 heterocycles. The third-order valence-electron chi connectivity index (χ3n) is 2.34. The lowest BCUT2D eigenvalue weighted by molar-refractivity contribution is 0.397. The van der Waals surface area contributed by atoms with Gasteiger partial charge in [-0.15, -0.1) is 0 Å². The number of nitrogens with zero attached hydrogens (tertiary/aromatic N) is 3. The molecule has 17 heavy (non-hydrogen) atoms. The highest BCUT2D eigenvalue weighted by Gasteiger charge is 2.07. The fourth-order valence-electron chi connectivity index (χ4n) is 1.54. The zero-order valence-corrected chi connectivity index (χ0v) is 9.41. The van der Waals surface area contributed by atoms with Crippen LogP contribution in [0.3, 0.4) is 0 Å². The summed E-state index contributed by atoms with van der Waals surface area (Å²) in [7, 11) is 1.83. The number of aromatic hydroxyl groups is 2. The van der Waals surface area contributed by atoms with E-state index >= 15 is 0 Å². The van der Waals surface area contributed by atoms with Gasteiger partial charge >= 0.3 is 6.01 Å². The van der Waals surface area contributed by atoms with Crippen LogP contribution in [-0.2, 0) is 6.54 Å². The maximum Gasteiger partial charge on any atom is 0.319 e. The molecule has 2 rings (SSSR count). The first kappa shape index (κ1) is 11.2. The quantitative estimate of drug-likeness (QED) is 0.838. The Morgan fingerprint density at radius 2 is 1.82 bits per heavy atom. The number of aromatic nitrogens is 2. The van der Waals surface area contributed by atoms with Crippen molar-refractivity contribution in [3.05, 3.63) is 42.0 Å². The van der Waals surface area contributed by atoms with Gasteiger partial charge in [-0.2, -0.15) is 9.97 Å². The van der Waals surface area contributed by atoms with E-state index in [4.69, 9.17) is 0 Å². The molecule has 0 bridgehead atoms. The summed E-state index contributed by atoms with van der Waals surface area (Å²) < 4.78 is 0. The van der Waals surface area contributed by atoms with Crippen LogP contribution in [0.2, 0.25) is 0 Å². The molecule has 0 atom stereocenters. The molecule has 0 amide bonds. The highest BCUT2D eigenvalue weighted by atomic mass is 16.3. The second-order valence-electron chi connectivity index (χ2n) is 3.73. The average Bonchev–Trinajstić information content (AvgIpc) is 2.29. The minimum Gasteiger partial charge on any atom is -0.493 e. The predicted molar refractivity (Wildman–Crippen MR) is 63.9 cm³/mol. The lowest BCUT2D eigenvalue weighted by atomic mass is 10.2. The van der Waals surface area contributed by atoms with Crippen LogP contribution < -0.4 is 4.90 Å². The van der Waals surface area contributed by atoms with Crippen LogP contribution in [-0.4, -0.2) is 27.2 Å². The smallest absolute Gasteiger partial charge is 0.319 e. The van der Waals surface area contributed by atoms with E-state index in [-0.39, 0.29) is 5.88 Å². The molecular formula is C12H13N3O2. The summed E-state index contributed by atoms with van der Waals surface area (Å²) in [5.41, 5.74) is 1.12. The van der Waals surface area contributed by atoms with Crippen LogP contribution in [0.1, 0.15) is 5.56 Å². The van der Waals surface area contributed by atoms with E-state index in [0.29, 0.717) is 12.4 Å². The van der Waals surface area contributed by atoms with Crippen molar-refractivity contribution in [3.63, 3.8) is 0 Å². The average molecular weight is 231 g/mol. The standard InChI is InChI=1S/C12H13N3O2/c1-15(8-9-5-3-2-4-6-9)10-7-11(16)14-12(17)13-10/h2-7H,8H2,1H3,(H2,13,14,16,17).